The number of fused-ring (bicyclic) bond motifs is 1. The van der Waals surface area contributed by atoms with Crippen LogP contribution in [0.4, 0.5) is 0 Å². The number of hydrogen-bond acceptors (Lipinski definition) is 4. The Morgan fingerprint density at radius 2 is 1.72 bits per heavy atom. The highest BCUT2D eigenvalue weighted by atomic mass is 16.4. The molecule has 0 unspecified atom stereocenters. The van der Waals surface area contributed by atoms with Gasteiger partial charge in [-0.1, -0.05) is 19.3 Å². The van der Waals surface area contributed by atoms with Crippen molar-refractivity contribution >= 4 is 11.0 Å². The Bertz CT molecular complexity index is 579. The van der Waals surface area contributed by atoms with E-state index in [4.69, 9.17) is 4.42 Å². The normalized spacial score (nSPS) is 17.3. The number of phenols is 2. The number of furan rings is 1. The minimum atomic E-state index is -0.0837. The summed E-state index contributed by atoms with van der Waals surface area (Å²) in [5, 5.41) is 30.3. The molecule has 0 saturated heterocycles. The minimum Gasteiger partial charge on any atom is -0.507 e. The van der Waals surface area contributed by atoms with E-state index in [0.717, 1.165) is 25.7 Å². The Morgan fingerprint density at radius 3 is 2.44 bits per heavy atom. The second kappa shape index (κ2) is 4.12. The molecule has 1 aromatic carbocycles. The van der Waals surface area contributed by atoms with Crippen LogP contribution in [-0.2, 0) is 0 Å². The first-order chi connectivity index (χ1) is 8.68. The summed E-state index contributed by atoms with van der Waals surface area (Å²) in [5.41, 5.74) is 0.862. The van der Waals surface area contributed by atoms with E-state index in [1.165, 1.54) is 18.8 Å². The summed E-state index contributed by atoms with van der Waals surface area (Å²) in [5.74, 6) is 0.0985. The minimum absolute atomic E-state index is 0.0387. The molecule has 4 heteroatoms. The van der Waals surface area contributed by atoms with Crippen molar-refractivity contribution in [1.82, 2.24) is 0 Å². The molecule has 3 rings (SSSR count). The van der Waals surface area contributed by atoms with E-state index >= 15 is 0 Å². The maximum absolute atomic E-state index is 10.3. The Morgan fingerprint density at radius 1 is 1.00 bits per heavy atom. The molecule has 0 atom stereocenters. The van der Waals surface area contributed by atoms with E-state index in [2.05, 4.69) is 0 Å². The Kier molecular flexibility index (Phi) is 2.58. The molecule has 96 valence electrons. The topological polar surface area (TPSA) is 73.8 Å². The smallest absolute Gasteiger partial charge is 0.165 e. The standard InChI is InChI=1S/C14H16O4/c15-9-6-11-13(10(16)7-18-11)14(17)12(9)8-4-2-1-3-5-8/h6-8,15-17H,1-5H2. The molecule has 3 N–H and O–H groups in total. The fraction of sp³-hybridized carbons (Fsp3) is 0.429. The van der Waals surface area contributed by atoms with Gasteiger partial charge in [0.05, 0.1) is 0 Å². The summed E-state index contributed by atoms with van der Waals surface area (Å²) >= 11 is 0. The second-order valence-corrected chi connectivity index (χ2v) is 4.99. The van der Waals surface area contributed by atoms with Crippen molar-refractivity contribution in [2.75, 3.05) is 0 Å². The largest absolute Gasteiger partial charge is 0.507 e. The van der Waals surface area contributed by atoms with Crippen LogP contribution >= 0.6 is 0 Å². The van der Waals surface area contributed by atoms with Gasteiger partial charge in [0.2, 0.25) is 0 Å². The lowest BCUT2D eigenvalue weighted by Crippen LogP contribution is -2.05. The number of phenolic OH excluding ortho intramolecular Hbond substituents is 2. The van der Waals surface area contributed by atoms with Gasteiger partial charge in [-0.2, -0.15) is 0 Å². The van der Waals surface area contributed by atoms with E-state index in [1.54, 1.807) is 0 Å². The Hall–Kier alpha value is -1.84. The van der Waals surface area contributed by atoms with Gasteiger partial charge in [0, 0.05) is 11.6 Å². The first-order valence-electron chi connectivity index (χ1n) is 6.33. The molecule has 1 fully saturated rings. The maximum Gasteiger partial charge on any atom is 0.165 e. The highest BCUT2D eigenvalue weighted by Crippen LogP contribution is 2.47. The summed E-state index contributed by atoms with van der Waals surface area (Å²) in [4.78, 5) is 0. The zero-order valence-electron chi connectivity index (χ0n) is 10.0. The van der Waals surface area contributed by atoms with Gasteiger partial charge in [0.25, 0.3) is 0 Å². The zero-order chi connectivity index (χ0) is 12.7. The van der Waals surface area contributed by atoms with Gasteiger partial charge >= 0.3 is 0 Å². The number of aromatic hydroxyl groups is 3. The van der Waals surface area contributed by atoms with Gasteiger partial charge in [0.1, 0.15) is 28.7 Å². The molecular weight excluding hydrogens is 232 g/mol. The van der Waals surface area contributed by atoms with Crippen molar-refractivity contribution in [3.8, 4) is 17.2 Å². The summed E-state index contributed by atoms with van der Waals surface area (Å²) in [6.07, 6.45) is 6.53. The van der Waals surface area contributed by atoms with Crippen LogP contribution in [-0.4, -0.2) is 15.3 Å². The first-order valence-corrected chi connectivity index (χ1v) is 6.33. The zero-order valence-corrected chi connectivity index (χ0v) is 10.0. The van der Waals surface area contributed by atoms with E-state index in [0.29, 0.717) is 16.5 Å². The van der Waals surface area contributed by atoms with Gasteiger partial charge < -0.3 is 19.7 Å². The van der Waals surface area contributed by atoms with Gasteiger partial charge in [0.15, 0.2) is 5.75 Å². The summed E-state index contributed by atoms with van der Waals surface area (Å²) in [7, 11) is 0. The van der Waals surface area contributed by atoms with Crippen LogP contribution in [0.1, 0.15) is 43.6 Å². The molecule has 0 aliphatic heterocycles. The van der Waals surface area contributed by atoms with Crippen molar-refractivity contribution in [2.45, 2.75) is 38.0 Å². The molecule has 0 radical (unpaired) electrons. The van der Waals surface area contributed by atoms with Crippen molar-refractivity contribution < 1.29 is 19.7 Å². The van der Waals surface area contributed by atoms with Crippen LogP contribution in [0.15, 0.2) is 16.7 Å². The maximum atomic E-state index is 10.3. The van der Waals surface area contributed by atoms with Crippen molar-refractivity contribution in [3.63, 3.8) is 0 Å². The van der Waals surface area contributed by atoms with Gasteiger partial charge in [-0.3, -0.25) is 0 Å². The van der Waals surface area contributed by atoms with Crippen LogP contribution in [0.2, 0.25) is 0 Å². The van der Waals surface area contributed by atoms with Crippen molar-refractivity contribution in [1.29, 1.82) is 0 Å². The third-order valence-corrected chi connectivity index (χ3v) is 3.85. The number of benzene rings is 1. The molecule has 18 heavy (non-hydrogen) atoms. The SMILES string of the molecule is Oc1cc2occ(O)c2c(O)c1C1CCCCC1. The van der Waals surface area contributed by atoms with Crippen LogP contribution in [0.25, 0.3) is 11.0 Å². The molecule has 0 bridgehead atoms. The average Bonchev–Trinajstić information content (AvgIpc) is 2.72. The third kappa shape index (κ3) is 1.60. The monoisotopic (exact) mass is 248 g/mol. The van der Waals surface area contributed by atoms with E-state index in [9.17, 15) is 15.3 Å². The predicted molar refractivity (Wildman–Crippen MR) is 67.0 cm³/mol. The lowest BCUT2D eigenvalue weighted by atomic mass is 9.83. The van der Waals surface area contributed by atoms with Crippen LogP contribution < -0.4 is 0 Å². The molecule has 1 saturated carbocycles. The Balaban J connectivity index is 2.17. The molecule has 4 nitrogen and oxygen atoms in total. The second-order valence-electron chi connectivity index (χ2n) is 4.99. The molecule has 1 aliphatic carbocycles. The third-order valence-electron chi connectivity index (χ3n) is 3.85. The molecule has 2 aromatic rings. The molecule has 0 spiro atoms. The van der Waals surface area contributed by atoms with E-state index < -0.39 is 0 Å². The lowest BCUT2D eigenvalue weighted by molar-refractivity contribution is 0.391. The number of rotatable bonds is 1. The summed E-state index contributed by atoms with van der Waals surface area (Å²) in [6.45, 7) is 0. The van der Waals surface area contributed by atoms with Crippen molar-refractivity contribution in [2.24, 2.45) is 0 Å². The molecule has 0 amide bonds. The van der Waals surface area contributed by atoms with Crippen LogP contribution in [0.5, 0.6) is 17.2 Å². The van der Waals surface area contributed by atoms with E-state index in [1.807, 2.05) is 0 Å². The fourth-order valence-corrected chi connectivity index (χ4v) is 2.96. The average molecular weight is 248 g/mol. The number of hydrogen-bond donors (Lipinski definition) is 3. The van der Waals surface area contributed by atoms with Crippen LogP contribution in [0, 0.1) is 0 Å². The molecule has 1 heterocycles. The van der Waals surface area contributed by atoms with E-state index in [-0.39, 0.29) is 23.2 Å². The van der Waals surface area contributed by atoms with Crippen LogP contribution in [0.3, 0.4) is 0 Å². The van der Waals surface area contributed by atoms with Gasteiger partial charge in [-0.05, 0) is 18.8 Å². The lowest BCUT2D eigenvalue weighted by Gasteiger charge is -2.23. The quantitative estimate of drug-likeness (QED) is 0.721. The molecule has 1 aliphatic rings. The summed E-state index contributed by atoms with van der Waals surface area (Å²) < 4.78 is 5.08. The Labute approximate surface area is 104 Å². The first kappa shape index (κ1) is 11.3. The van der Waals surface area contributed by atoms with Gasteiger partial charge in [-0.15, -0.1) is 0 Å². The highest BCUT2D eigenvalue weighted by molar-refractivity contribution is 5.92. The highest BCUT2D eigenvalue weighted by Gasteiger charge is 2.25. The molecular formula is C14H16O4. The molecule has 1 aromatic heterocycles. The van der Waals surface area contributed by atoms with Crippen molar-refractivity contribution in [3.05, 3.63) is 17.9 Å². The van der Waals surface area contributed by atoms with Gasteiger partial charge in [-0.25, -0.2) is 0 Å². The summed E-state index contributed by atoms with van der Waals surface area (Å²) in [6, 6.07) is 1.47. The predicted octanol–water partition coefficient (Wildman–Crippen LogP) is 3.60. The fourth-order valence-electron chi connectivity index (χ4n) is 2.96.